The van der Waals surface area contributed by atoms with Gasteiger partial charge in [-0.15, -0.1) is 132 Å². The summed E-state index contributed by atoms with van der Waals surface area (Å²) in [6, 6.07) is 85.0. The van der Waals surface area contributed by atoms with Crippen LogP contribution in [0.15, 0.2) is 237 Å². The average molecular weight is 1200 g/mol. The number of rotatable bonds is 9. The van der Waals surface area contributed by atoms with E-state index in [9.17, 15) is 0 Å². The first kappa shape index (κ1) is 63.2. The molecule has 4 heteroatoms. The van der Waals surface area contributed by atoms with Crippen molar-refractivity contribution in [3.63, 3.8) is 0 Å². The van der Waals surface area contributed by atoms with Crippen LogP contribution < -0.4 is 0 Å². The maximum Gasteiger partial charge on any atom is 2.00 e. The van der Waals surface area contributed by atoms with Gasteiger partial charge in [0.2, 0.25) is 0 Å². The zero-order chi connectivity index (χ0) is 54.0. The quantitative estimate of drug-likeness (QED) is 0.0768. The number of benzene rings is 8. The molecular weight excluding hydrogens is 1130 g/mol. The van der Waals surface area contributed by atoms with Crippen LogP contribution in [0.1, 0.15) is 74.3 Å². The van der Waals surface area contributed by atoms with Crippen LogP contribution in [-0.2, 0) is 57.8 Å². The number of hydrogen-bond acceptors (Lipinski definition) is 0. The minimum Gasteiger partial charge on any atom is -0.165 e. The molecule has 0 aliphatic carbocycles. The summed E-state index contributed by atoms with van der Waals surface area (Å²) in [7, 11) is 5.94. The van der Waals surface area contributed by atoms with Crippen molar-refractivity contribution >= 4 is 63.6 Å². The van der Waals surface area contributed by atoms with Gasteiger partial charge in [0, 0.05) is 20.5 Å². The second-order valence-electron chi connectivity index (χ2n) is 20.4. The fourth-order valence-corrected chi connectivity index (χ4v) is 10.4. The van der Waals surface area contributed by atoms with Crippen LogP contribution in [0.4, 0.5) is 0 Å². The van der Waals surface area contributed by atoms with Gasteiger partial charge in [-0.1, -0.05) is 254 Å². The molecule has 0 unspecified atom stereocenters. The van der Waals surface area contributed by atoms with Crippen molar-refractivity contribution in [1.29, 1.82) is 0 Å². The molecule has 0 aliphatic heterocycles. The van der Waals surface area contributed by atoms with Crippen LogP contribution in [0, 0.1) is 27.7 Å². The Kier molecular flexibility index (Phi) is 25.3. The number of fused-ring (bicyclic) bond motifs is 4. The first-order valence-corrected chi connectivity index (χ1v) is 29.0. The third kappa shape index (κ3) is 16.3. The minimum atomic E-state index is 0. The van der Waals surface area contributed by atoms with Crippen LogP contribution in [0.25, 0.3) is 87.6 Å². The molecule has 6 radical (unpaired) electrons. The van der Waals surface area contributed by atoms with Gasteiger partial charge in [-0.3, -0.25) is 0 Å². The van der Waals surface area contributed by atoms with Crippen molar-refractivity contribution in [2.24, 2.45) is 0 Å². The smallest absolute Gasteiger partial charge is 0.165 e. The van der Waals surface area contributed by atoms with E-state index in [1.54, 1.807) is 13.1 Å². The van der Waals surface area contributed by atoms with Crippen LogP contribution in [0.5, 0.6) is 0 Å². The van der Waals surface area contributed by atoms with Gasteiger partial charge in [0.15, 0.2) is 0 Å². The summed E-state index contributed by atoms with van der Waals surface area (Å²) in [5.74, 6) is 0. The predicted octanol–water partition coefficient (Wildman–Crippen LogP) is 21.4. The van der Waals surface area contributed by atoms with E-state index in [-0.39, 0.29) is 57.8 Å². The zero-order valence-electron chi connectivity index (χ0n) is 47.3. The molecule has 386 valence electrons. The first-order chi connectivity index (χ1) is 37.0. The molecule has 0 aliphatic rings. The first-order valence-electron chi connectivity index (χ1n) is 27.0. The molecule has 0 N–H and O–H groups in total. The van der Waals surface area contributed by atoms with E-state index in [4.69, 9.17) is 0 Å². The number of hydrogen-bond donors (Lipinski definition) is 0. The largest absolute Gasteiger partial charge is 2.00 e. The van der Waals surface area contributed by atoms with E-state index in [0.717, 1.165) is 0 Å². The normalized spacial score (nSPS) is 10.5. The summed E-state index contributed by atoms with van der Waals surface area (Å²) >= 11 is 0. The molecule has 78 heavy (non-hydrogen) atoms. The number of unbranched alkanes of at least 4 members (excludes halogenated alkanes) is 2. The second-order valence-corrected chi connectivity index (χ2v) is 20.4. The molecule has 0 fully saturated rings. The van der Waals surface area contributed by atoms with Crippen molar-refractivity contribution in [3.8, 4) is 44.5 Å². The van der Waals surface area contributed by atoms with Gasteiger partial charge in [-0.2, -0.15) is 24.3 Å². The third-order valence-electron chi connectivity index (χ3n) is 14.2. The zero-order valence-corrected chi connectivity index (χ0v) is 54.3. The fourth-order valence-electron chi connectivity index (χ4n) is 10.4. The van der Waals surface area contributed by atoms with Crippen LogP contribution in [-0.4, -0.2) is 20.5 Å². The Labute approximate surface area is 512 Å². The molecule has 12 aromatic carbocycles. The van der Waals surface area contributed by atoms with Gasteiger partial charge in [-0.25, -0.2) is 0 Å². The SMILES string of the molecule is CCCCCC(C)(C)c1cc(-c2ccccc2)c2cc(C)[cH-]c2c1.C[Si].C[Si].Cc1cc2c(-c3ccccc3)cccc2[cH-]1.Cc1cc2c(-c3ccccc3)cccc2[cH-]1.Cc1cc2c(-c3ccccc3)cccc2[cH-]1.[Zr+2].[Zr+2]. The van der Waals surface area contributed by atoms with Gasteiger partial charge in [0.1, 0.15) is 0 Å². The molecule has 0 amide bonds. The summed E-state index contributed by atoms with van der Waals surface area (Å²) in [6.07, 6.45) is 5.17. The Hall–Kier alpha value is -5.60. The Morgan fingerprint density at radius 3 is 0.949 bits per heavy atom. The van der Waals surface area contributed by atoms with E-state index in [2.05, 4.69) is 306 Å². The van der Waals surface area contributed by atoms with Gasteiger partial charge in [0.05, 0.1) is 0 Å². The Bertz CT molecular complexity index is 3370. The molecule has 12 aromatic rings. The van der Waals surface area contributed by atoms with Crippen molar-refractivity contribution in [2.75, 3.05) is 0 Å². The average Bonchev–Trinajstić information content (AvgIpc) is 4.35. The van der Waals surface area contributed by atoms with Gasteiger partial charge in [0.25, 0.3) is 0 Å². The monoisotopic (exact) mass is 1200 g/mol. The van der Waals surface area contributed by atoms with Crippen LogP contribution >= 0.6 is 0 Å². The van der Waals surface area contributed by atoms with E-state index >= 15 is 0 Å². The molecular formula is C74H74Si2Zr2. The summed E-state index contributed by atoms with van der Waals surface area (Å²) in [5.41, 5.74) is 17.6. The van der Waals surface area contributed by atoms with Gasteiger partial charge in [-0.05, 0) is 34.1 Å². The molecule has 0 saturated carbocycles. The number of aryl methyl sites for hydroxylation is 4. The molecule has 0 saturated heterocycles. The Morgan fingerprint density at radius 2 is 0.628 bits per heavy atom. The van der Waals surface area contributed by atoms with Crippen molar-refractivity contribution in [1.82, 2.24) is 0 Å². The Balaban J connectivity index is 0.000000188. The standard InChI is InChI=1S/C24H29.3C16H13.2CH3Si.2Zr/c1-5-6-10-13-24(3,4)21-16-20-14-18(2)15-22(20)23(17-21)19-11-8-7-9-12-19;3*1-12-10-14-8-5-9-15(16(14)11-12)13-6-3-2-4-7-13;2*1-2;;/h7-9,11-12,14-17H,5-6,10,13H2,1-4H3;3*2-11H,1H3;2*1H3;;/q4*-1;;;2*+2. The predicted molar refractivity (Wildman–Crippen MR) is 339 cm³/mol. The van der Waals surface area contributed by atoms with Crippen molar-refractivity contribution in [2.45, 2.75) is 92.7 Å². The van der Waals surface area contributed by atoms with Crippen molar-refractivity contribution < 1.29 is 52.4 Å². The summed E-state index contributed by atoms with van der Waals surface area (Å²) < 4.78 is 0. The third-order valence-corrected chi connectivity index (χ3v) is 14.2. The van der Waals surface area contributed by atoms with E-state index in [0.29, 0.717) is 0 Å². The maximum absolute atomic E-state index is 2.97. The van der Waals surface area contributed by atoms with Crippen molar-refractivity contribution in [3.05, 3.63) is 264 Å². The molecule has 12 rings (SSSR count). The second kappa shape index (κ2) is 31.3. The fraction of sp³-hybridized carbons (Fsp3) is 0.189. The van der Waals surface area contributed by atoms with E-state index in [1.165, 1.54) is 141 Å². The maximum atomic E-state index is 2.97. The van der Waals surface area contributed by atoms with E-state index < -0.39 is 0 Å². The van der Waals surface area contributed by atoms with Gasteiger partial charge >= 0.3 is 52.4 Å². The molecule has 0 spiro atoms. The molecule has 0 atom stereocenters. The molecule has 0 aromatic heterocycles. The summed E-state index contributed by atoms with van der Waals surface area (Å²) in [5, 5.41) is 10.8. The summed E-state index contributed by atoms with van der Waals surface area (Å²) in [6.45, 7) is 19.3. The van der Waals surface area contributed by atoms with Gasteiger partial charge < -0.3 is 0 Å². The van der Waals surface area contributed by atoms with Crippen LogP contribution in [0.2, 0.25) is 13.1 Å². The molecule has 0 heterocycles. The topological polar surface area (TPSA) is 0 Å². The summed E-state index contributed by atoms with van der Waals surface area (Å²) in [4.78, 5) is 0. The van der Waals surface area contributed by atoms with E-state index in [1.807, 2.05) is 0 Å². The Morgan fingerprint density at radius 1 is 0.333 bits per heavy atom. The van der Waals surface area contributed by atoms with Crippen LogP contribution in [0.3, 0.4) is 0 Å². The minimum absolute atomic E-state index is 0. The molecule has 0 bridgehead atoms. The molecule has 0 nitrogen and oxygen atoms in total.